The second kappa shape index (κ2) is 9.40. The van der Waals surface area contributed by atoms with E-state index < -0.39 is 24.5 Å². The average Bonchev–Trinajstić information content (AvgIpc) is 2.59. The van der Waals surface area contributed by atoms with Crippen LogP contribution in [-0.4, -0.2) is 81.2 Å². The Morgan fingerprint density at radius 2 is 2.00 bits per heavy atom. The number of aliphatic hydroxyl groups excluding tert-OH is 1. The van der Waals surface area contributed by atoms with Gasteiger partial charge in [0.05, 0.1) is 30.4 Å². The van der Waals surface area contributed by atoms with Crippen LogP contribution in [0.2, 0.25) is 0 Å². The van der Waals surface area contributed by atoms with Crippen LogP contribution < -0.4 is 22.1 Å². The van der Waals surface area contributed by atoms with Gasteiger partial charge in [0.1, 0.15) is 6.10 Å². The van der Waals surface area contributed by atoms with Gasteiger partial charge in [-0.05, 0) is 32.9 Å². The molecule has 8 nitrogen and oxygen atoms in total. The maximum atomic E-state index is 10.5. The lowest BCUT2D eigenvalue weighted by Crippen LogP contribution is -2.65. The van der Waals surface area contributed by atoms with Crippen LogP contribution in [0.1, 0.15) is 26.2 Å². The molecule has 1 saturated heterocycles. The lowest BCUT2D eigenvalue weighted by atomic mass is 9.84. The van der Waals surface area contributed by atoms with Crippen LogP contribution >= 0.6 is 0 Å². The Morgan fingerprint density at radius 1 is 1.25 bits per heavy atom. The van der Waals surface area contributed by atoms with Crippen LogP contribution in [0.5, 0.6) is 0 Å². The molecule has 1 aliphatic carbocycles. The zero-order valence-electron chi connectivity index (χ0n) is 15.0. The molecule has 2 aliphatic rings. The van der Waals surface area contributed by atoms with Gasteiger partial charge >= 0.3 is 0 Å². The number of likely N-dealkylation sites (N-methyl/N-ethyl adjacent to an activating group) is 2. The van der Waals surface area contributed by atoms with E-state index in [2.05, 4.69) is 17.6 Å². The fraction of sp³-hybridized carbons (Fsp3) is 1.00. The molecular weight excluding hydrogens is 312 g/mol. The van der Waals surface area contributed by atoms with Crippen LogP contribution in [0.3, 0.4) is 0 Å². The van der Waals surface area contributed by atoms with E-state index in [9.17, 15) is 5.11 Å². The van der Waals surface area contributed by atoms with Gasteiger partial charge in [0.15, 0.2) is 6.29 Å². The zero-order chi connectivity index (χ0) is 17.7. The van der Waals surface area contributed by atoms with Crippen LogP contribution in [-0.2, 0) is 14.2 Å². The van der Waals surface area contributed by atoms with Crippen molar-refractivity contribution < 1.29 is 19.3 Å². The molecule has 0 aromatic rings. The van der Waals surface area contributed by atoms with Gasteiger partial charge in [0.25, 0.3) is 0 Å². The fourth-order valence-electron chi connectivity index (χ4n) is 3.60. The van der Waals surface area contributed by atoms with Gasteiger partial charge in [-0.2, -0.15) is 0 Å². The monoisotopic (exact) mass is 346 g/mol. The van der Waals surface area contributed by atoms with E-state index in [-0.39, 0.29) is 24.3 Å². The number of hydrogen-bond donors (Lipinski definition) is 5. The summed E-state index contributed by atoms with van der Waals surface area (Å²) in [5, 5.41) is 17.0. The van der Waals surface area contributed by atoms with Crippen molar-refractivity contribution in [1.82, 2.24) is 10.6 Å². The Hall–Kier alpha value is -0.320. The molecule has 0 spiro atoms. The molecule has 0 aromatic carbocycles. The van der Waals surface area contributed by atoms with Gasteiger partial charge in [-0.3, -0.25) is 0 Å². The standard InChI is InChI=1S/C16H34N4O4/c1-4-20-8-9-5-6-10(17)16(23-9)24-15-13(19-2)12(22-3)7-11(18)14(15)21/h9-16,19-21H,4-8,17-18H2,1-3H3. The molecule has 0 radical (unpaired) electrons. The van der Waals surface area contributed by atoms with Gasteiger partial charge in [-0.1, -0.05) is 6.92 Å². The molecule has 8 atom stereocenters. The Kier molecular flexibility index (Phi) is 7.83. The number of ether oxygens (including phenoxy) is 3. The summed E-state index contributed by atoms with van der Waals surface area (Å²) in [6.07, 6.45) is 0.358. The summed E-state index contributed by atoms with van der Waals surface area (Å²) in [7, 11) is 3.47. The Balaban J connectivity index is 2.04. The van der Waals surface area contributed by atoms with Crippen molar-refractivity contribution in [2.24, 2.45) is 11.5 Å². The van der Waals surface area contributed by atoms with E-state index in [0.29, 0.717) is 6.42 Å². The predicted octanol–water partition coefficient (Wildman–Crippen LogP) is -1.49. The van der Waals surface area contributed by atoms with Crippen LogP contribution in [0.25, 0.3) is 0 Å². The summed E-state index contributed by atoms with van der Waals surface area (Å²) < 4.78 is 17.7. The van der Waals surface area contributed by atoms with Gasteiger partial charge in [0, 0.05) is 19.7 Å². The van der Waals surface area contributed by atoms with Crippen LogP contribution in [0.15, 0.2) is 0 Å². The number of nitrogens with one attached hydrogen (secondary N) is 2. The molecule has 0 bridgehead atoms. The zero-order valence-corrected chi connectivity index (χ0v) is 15.0. The van der Waals surface area contributed by atoms with Crippen molar-refractivity contribution in [1.29, 1.82) is 0 Å². The van der Waals surface area contributed by atoms with Crippen molar-refractivity contribution >= 4 is 0 Å². The number of methoxy groups -OCH3 is 1. The van der Waals surface area contributed by atoms with Gasteiger partial charge in [-0.15, -0.1) is 0 Å². The molecule has 8 unspecified atom stereocenters. The van der Waals surface area contributed by atoms with Crippen molar-refractivity contribution in [3.63, 3.8) is 0 Å². The van der Waals surface area contributed by atoms with Gasteiger partial charge < -0.3 is 41.4 Å². The predicted molar refractivity (Wildman–Crippen MR) is 91.5 cm³/mol. The van der Waals surface area contributed by atoms with Gasteiger partial charge in [-0.25, -0.2) is 0 Å². The third-order valence-electron chi connectivity index (χ3n) is 5.08. The van der Waals surface area contributed by atoms with Crippen molar-refractivity contribution in [3.05, 3.63) is 0 Å². The van der Waals surface area contributed by atoms with Crippen LogP contribution in [0, 0.1) is 0 Å². The number of aliphatic hydroxyl groups is 1. The molecule has 1 heterocycles. The van der Waals surface area contributed by atoms with Crippen molar-refractivity contribution in [2.75, 3.05) is 27.2 Å². The summed E-state index contributed by atoms with van der Waals surface area (Å²) in [5.74, 6) is 0. The van der Waals surface area contributed by atoms with E-state index in [1.54, 1.807) is 7.11 Å². The highest BCUT2D eigenvalue weighted by Crippen LogP contribution is 2.28. The Morgan fingerprint density at radius 3 is 2.62 bits per heavy atom. The van der Waals surface area contributed by atoms with E-state index in [0.717, 1.165) is 25.9 Å². The summed E-state index contributed by atoms with van der Waals surface area (Å²) in [6, 6.07) is -0.789. The third kappa shape index (κ3) is 4.64. The van der Waals surface area contributed by atoms with Crippen molar-refractivity contribution in [3.8, 4) is 0 Å². The summed E-state index contributed by atoms with van der Waals surface area (Å²) in [4.78, 5) is 0. The first kappa shape index (κ1) is 20.0. The number of hydrogen-bond acceptors (Lipinski definition) is 8. The first-order valence-electron chi connectivity index (χ1n) is 8.92. The lowest BCUT2D eigenvalue weighted by Gasteiger charge is -2.45. The summed E-state index contributed by atoms with van der Waals surface area (Å²) >= 11 is 0. The molecule has 8 heteroatoms. The van der Waals surface area contributed by atoms with Gasteiger partial charge in [0.2, 0.25) is 0 Å². The lowest BCUT2D eigenvalue weighted by molar-refractivity contribution is -0.253. The Labute approximate surface area is 144 Å². The minimum Gasteiger partial charge on any atom is -0.389 e. The molecule has 2 rings (SSSR count). The normalized spacial score (nSPS) is 43.8. The molecule has 0 amide bonds. The maximum Gasteiger partial charge on any atom is 0.173 e. The second-order valence-electron chi connectivity index (χ2n) is 6.75. The fourth-order valence-corrected chi connectivity index (χ4v) is 3.60. The molecule has 1 saturated carbocycles. The molecule has 24 heavy (non-hydrogen) atoms. The summed E-state index contributed by atoms with van der Waals surface area (Å²) in [5.41, 5.74) is 12.3. The highest BCUT2D eigenvalue weighted by atomic mass is 16.7. The maximum absolute atomic E-state index is 10.5. The SMILES string of the molecule is CCNCC1CCC(N)C(OC2C(O)C(N)CC(OC)C2NC)O1. The number of nitrogens with two attached hydrogens (primary N) is 2. The molecule has 142 valence electrons. The highest BCUT2D eigenvalue weighted by molar-refractivity contribution is 5.00. The smallest absolute Gasteiger partial charge is 0.173 e. The first-order valence-corrected chi connectivity index (χ1v) is 8.92. The molecular formula is C16H34N4O4. The van der Waals surface area contributed by atoms with E-state index in [4.69, 9.17) is 25.7 Å². The Bertz CT molecular complexity index is 374. The average molecular weight is 346 g/mol. The molecule has 0 aromatic heterocycles. The van der Waals surface area contributed by atoms with E-state index in [1.165, 1.54) is 0 Å². The molecule has 7 N–H and O–H groups in total. The molecule has 1 aliphatic heterocycles. The molecule has 2 fully saturated rings. The minimum absolute atomic E-state index is 0.0652. The minimum atomic E-state index is -0.793. The number of rotatable bonds is 7. The third-order valence-corrected chi connectivity index (χ3v) is 5.08. The largest absolute Gasteiger partial charge is 0.389 e. The van der Waals surface area contributed by atoms with E-state index >= 15 is 0 Å². The second-order valence-corrected chi connectivity index (χ2v) is 6.75. The van der Waals surface area contributed by atoms with E-state index in [1.807, 2.05) is 7.05 Å². The van der Waals surface area contributed by atoms with Crippen molar-refractivity contribution in [2.45, 2.75) is 75.0 Å². The van der Waals surface area contributed by atoms with Crippen LogP contribution in [0.4, 0.5) is 0 Å². The summed E-state index contributed by atoms with van der Waals surface area (Å²) in [6.45, 7) is 3.72. The first-order chi connectivity index (χ1) is 11.5. The quantitative estimate of drug-likeness (QED) is 0.378. The topological polar surface area (TPSA) is 124 Å². The highest BCUT2D eigenvalue weighted by Gasteiger charge is 2.45.